The van der Waals surface area contributed by atoms with Gasteiger partial charge < -0.3 is 19.1 Å². The van der Waals surface area contributed by atoms with Gasteiger partial charge in [0.05, 0.1) is 26.2 Å². The Hall–Kier alpha value is -3.55. The van der Waals surface area contributed by atoms with Crippen LogP contribution in [0.25, 0.3) is 0 Å². The maximum atomic E-state index is 13.7. The number of fused-ring (bicyclic) bond motifs is 1. The molecule has 2 aliphatic heterocycles. The molecule has 8 nitrogen and oxygen atoms in total. The average Bonchev–Trinajstić information content (AvgIpc) is 3.03. The molecule has 2 heterocycles. The first-order valence-corrected chi connectivity index (χ1v) is 10.9. The molecule has 174 valence electrons. The summed E-state index contributed by atoms with van der Waals surface area (Å²) >= 11 is 0. The van der Waals surface area contributed by atoms with Crippen LogP contribution < -0.4 is 14.2 Å². The molecule has 3 amide bonds. The van der Waals surface area contributed by atoms with Gasteiger partial charge in [-0.15, -0.1) is 0 Å². The zero-order valence-corrected chi connectivity index (χ0v) is 19.1. The van der Waals surface area contributed by atoms with Crippen LogP contribution in [0.2, 0.25) is 0 Å². The van der Waals surface area contributed by atoms with Crippen LogP contribution in [0.15, 0.2) is 42.5 Å². The first kappa shape index (κ1) is 22.6. The van der Waals surface area contributed by atoms with Gasteiger partial charge in [0.25, 0.3) is 0 Å². The predicted molar refractivity (Wildman–Crippen MR) is 120 cm³/mol. The summed E-state index contributed by atoms with van der Waals surface area (Å²) in [6.45, 7) is 1.25. The SMILES string of the molecule is COc1ccccc1C1(CC(=O)N2CCCOc3c(cccc3OC)C2)CC(=O)N(C)C1=O. The number of ether oxygens (including phenoxy) is 3. The normalized spacial score (nSPS) is 20.6. The minimum absolute atomic E-state index is 0.0736. The smallest absolute Gasteiger partial charge is 0.240 e. The lowest BCUT2D eigenvalue weighted by Crippen LogP contribution is -2.43. The molecular formula is C25H28N2O6. The van der Waals surface area contributed by atoms with Crippen molar-refractivity contribution in [3.05, 3.63) is 53.6 Å². The molecule has 0 aliphatic carbocycles. The maximum absolute atomic E-state index is 13.7. The Balaban J connectivity index is 1.69. The molecule has 1 saturated heterocycles. The van der Waals surface area contributed by atoms with Crippen molar-refractivity contribution in [1.29, 1.82) is 0 Å². The summed E-state index contributed by atoms with van der Waals surface area (Å²) in [5.41, 5.74) is 0.0895. The Morgan fingerprint density at radius 1 is 1.06 bits per heavy atom. The van der Waals surface area contributed by atoms with E-state index in [-0.39, 0.29) is 30.6 Å². The van der Waals surface area contributed by atoms with E-state index >= 15 is 0 Å². The summed E-state index contributed by atoms with van der Waals surface area (Å²) in [7, 11) is 4.56. The Morgan fingerprint density at radius 2 is 1.79 bits per heavy atom. The second-order valence-electron chi connectivity index (χ2n) is 8.36. The molecule has 1 fully saturated rings. The van der Waals surface area contributed by atoms with Gasteiger partial charge in [-0.1, -0.05) is 30.3 Å². The zero-order valence-electron chi connectivity index (χ0n) is 19.1. The molecule has 0 spiro atoms. The van der Waals surface area contributed by atoms with E-state index < -0.39 is 5.41 Å². The van der Waals surface area contributed by atoms with Crippen molar-refractivity contribution in [3.8, 4) is 17.2 Å². The largest absolute Gasteiger partial charge is 0.496 e. The third-order valence-corrected chi connectivity index (χ3v) is 6.43. The molecule has 0 bridgehead atoms. The first-order chi connectivity index (χ1) is 15.9. The number of nitrogens with zero attached hydrogens (tertiary/aromatic N) is 2. The monoisotopic (exact) mass is 452 g/mol. The van der Waals surface area contributed by atoms with Crippen LogP contribution in [-0.4, -0.2) is 61.9 Å². The van der Waals surface area contributed by atoms with Crippen molar-refractivity contribution in [3.63, 3.8) is 0 Å². The van der Waals surface area contributed by atoms with Crippen molar-refractivity contribution in [2.45, 2.75) is 31.2 Å². The minimum Gasteiger partial charge on any atom is -0.496 e. The van der Waals surface area contributed by atoms with Crippen LogP contribution in [0.5, 0.6) is 17.2 Å². The standard InChI is InChI=1S/C25H28N2O6/c1-26-21(28)14-25(24(26)30,18-9-4-5-10-19(18)31-2)15-22(29)27-12-7-13-33-23-17(16-27)8-6-11-20(23)32-3/h4-6,8-11H,7,12-16H2,1-3H3. The number of carbonyl (C=O) groups is 3. The second-order valence-corrected chi connectivity index (χ2v) is 8.36. The molecule has 0 saturated carbocycles. The molecular weight excluding hydrogens is 424 g/mol. The summed E-state index contributed by atoms with van der Waals surface area (Å²) in [6, 6.07) is 12.7. The van der Waals surface area contributed by atoms with Crippen LogP contribution in [0.1, 0.15) is 30.4 Å². The maximum Gasteiger partial charge on any atom is 0.240 e. The highest BCUT2D eigenvalue weighted by Crippen LogP contribution is 2.44. The molecule has 1 atom stereocenters. The molecule has 8 heteroatoms. The van der Waals surface area contributed by atoms with Crippen LogP contribution in [-0.2, 0) is 26.3 Å². The van der Waals surface area contributed by atoms with Crippen LogP contribution in [0.3, 0.4) is 0 Å². The van der Waals surface area contributed by atoms with E-state index in [1.165, 1.54) is 14.2 Å². The van der Waals surface area contributed by atoms with E-state index in [9.17, 15) is 14.4 Å². The number of hydrogen-bond donors (Lipinski definition) is 0. The van der Waals surface area contributed by atoms with Gasteiger partial charge in [0, 0.05) is 44.1 Å². The van der Waals surface area contributed by atoms with Gasteiger partial charge in [-0.3, -0.25) is 19.3 Å². The molecule has 0 radical (unpaired) electrons. The number of hydrogen-bond acceptors (Lipinski definition) is 6. The van der Waals surface area contributed by atoms with Crippen molar-refractivity contribution in [2.24, 2.45) is 0 Å². The van der Waals surface area contributed by atoms with Crippen LogP contribution in [0, 0.1) is 0 Å². The van der Waals surface area contributed by atoms with Gasteiger partial charge in [0.15, 0.2) is 11.5 Å². The molecule has 33 heavy (non-hydrogen) atoms. The summed E-state index contributed by atoms with van der Waals surface area (Å²) in [5.74, 6) is 0.831. The zero-order chi connectivity index (χ0) is 23.6. The van der Waals surface area contributed by atoms with Crippen molar-refractivity contribution in [1.82, 2.24) is 9.80 Å². The Morgan fingerprint density at radius 3 is 2.48 bits per heavy atom. The van der Waals surface area contributed by atoms with E-state index in [2.05, 4.69) is 0 Å². The van der Waals surface area contributed by atoms with Crippen LogP contribution >= 0.6 is 0 Å². The third kappa shape index (κ3) is 4.01. The quantitative estimate of drug-likeness (QED) is 0.648. The summed E-state index contributed by atoms with van der Waals surface area (Å²) in [5, 5.41) is 0. The van der Waals surface area contributed by atoms with Gasteiger partial charge in [0.2, 0.25) is 17.7 Å². The summed E-state index contributed by atoms with van der Waals surface area (Å²) < 4.78 is 16.8. The fourth-order valence-corrected chi connectivity index (χ4v) is 4.68. The Labute approximate surface area is 193 Å². The molecule has 2 aliphatic rings. The molecule has 0 aromatic heterocycles. The number of imide groups is 1. The number of rotatable bonds is 5. The summed E-state index contributed by atoms with van der Waals surface area (Å²) in [4.78, 5) is 42.4. The number of para-hydroxylation sites is 2. The molecule has 4 rings (SSSR count). The molecule has 2 aromatic carbocycles. The molecule has 0 N–H and O–H groups in total. The fraction of sp³-hybridized carbons (Fsp3) is 0.400. The lowest BCUT2D eigenvalue weighted by molar-refractivity contribution is -0.141. The number of likely N-dealkylation sites (N-methyl/N-ethyl adjacent to an activating group) is 1. The number of likely N-dealkylation sites (tertiary alicyclic amines) is 1. The number of amides is 3. The fourth-order valence-electron chi connectivity index (χ4n) is 4.68. The Bertz CT molecular complexity index is 1080. The predicted octanol–water partition coefficient (Wildman–Crippen LogP) is 2.53. The highest BCUT2D eigenvalue weighted by Gasteiger charge is 2.54. The minimum atomic E-state index is -1.30. The van der Waals surface area contributed by atoms with Crippen LogP contribution in [0.4, 0.5) is 0 Å². The number of carbonyl (C=O) groups excluding carboxylic acids is 3. The van der Waals surface area contributed by atoms with Gasteiger partial charge in [-0.2, -0.15) is 0 Å². The molecule has 2 aromatic rings. The van der Waals surface area contributed by atoms with E-state index in [1.54, 1.807) is 36.3 Å². The Kier molecular flexibility index (Phi) is 6.26. The van der Waals surface area contributed by atoms with Crippen molar-refractivity contribution >= 4 is 17.7 Å². The second kappa shape index (κ2) is 9.13. The van der Waals surface area contributed by atoms with E-state index in [0.29, 0.717) is 48.9 Å². The van der Waals surface area contributed by atoms with Gasteiger partial charge in [-0.25, -0.2) is 0 Å². The average molecular weight is 453 g/mol. The van der Waals surface area contributed by atoms with Gasteiger partial charge in [0.1, 0.15) is 5.75 Å². The lowest BCUT2D eigenvalue weighted by Gasteiger charge is -2.32. The highest BCUT2D eigenvalue weighted by molar-refractivity contribution is 6.10. The van der Waals surface area contributed by atoms with E-state index in [1.807, 2.05) is 18.2 Å². The lowest BCUT2D eigenvalue weighted by atomic mass is 9.75. The van der Waals surface area contributed by atoms with Gasteiger partial charge in [-0.05, 0) is 18.6 Å². The van der Waals surface area contributed by atoms with E-state index in [4.69, 9.17) is 14.2 Å². The van der Waals surface area contributed by atoms with Crippen molar-refractivity contribution < 1.29 is 28.6 Å². The topological polar surface area (TPSA) is 85.4 Å². The van der Waals surface area contributed by atoms with Gasteiger partial charge >= 0.3 is 0 Å². The molecule has 1 unspecified atom stereocenters. The first-order valence-electron chi connectivity index (χ1n) is 10.9. The summed E-state index contributed by atoms with van der Waals surface area (Å²) in [6.07, 6.45) is 0.440. The highest BCUT2D eigenvalue weighted by atomic mass is 16.5. The number of benzene rings is 2. The number of methoxy groups -OCH3 is 2. The van der Waals surface area contributed by atoms with Crippen molar-refractivity contribution in [2.75, 3.05) is 34.4 Å². The third-order valence-electron chi connectivity index (χ3n) is 6.43. The van der Waals surface area contributed by atoms with E-state index in [0.717, 1.165) is 10.5 Å².